The van der Waals surface area contributed by atoms with E-state index in [9.17, 15) is 40.5 Å². The van der Waals surface area contributed by atoms with E-state index >= 15 is 0 Å². The summed E-state index contributed by atoms with van der Waals surface area (Å²) in [4.78, 5) is 12.5. The van der Waals surface area contributed by atoms with Gasteiger partial charge in [-0.3, -0.25) is 4.79 Å². The maximum absolute atomic E-state index is 12.5. The minimum atomic E-state index is -1.98. The first kappa shape index (κ1) is 27.7. The zero-order chi connectivity index (χ0) is 27.9. The molecule has 5 rings (SSSR count). The highest BCUT2D eigenvalue weighted by molar-refractivity contribution is 6.00. The van der Waals surface area contributed by atoms with Gasteiger partial charge in [0.05, 0.1) is 31.8 Å². The molecule has 39 heavy (non-hydrogen) atoms. The van der Waals surface area contributed by atoms with E-state index in [0.717, 1.165) is 0 Å². The van der Waals surface area contributed by atoms with Crippen LogP contribution in [0.5, 0.6) is 17.2 Å². The van der Waals surface area contributed by atoms with E-state index in [2.05, 4.69) is 0 Å². The molecule has 0 aromatic heterocycles. The van der Waals surface area contributed by atoms with Crippen LogP contribution in [0.4, 0.5) is 0 Å². The molecular weight excluding hydrogens is 520 g/mol. The highest BCUT2D eigenvalue weighted by Gasteiger charge is 2.53. The van der Waals surface area contributed by atoms with Crippen molar-refractivity contribution in [3.8, 4) is 17.2 Å². The summed E-state index contributed by atoms with van der Waals surface area (Å²) in [7, 11) is 0. The smallest absolute Gasteiger partial charge is 0.229 e. The van der Waals surface area contributed by atoms with Gasteiger partial charge in [0.1, 0.15) is 53.4 Å². The van der Waals surface area contributed by atoms with Crippen molar-refractivity contribution in [1.29, 1.82) is 0 Å². The summed E-state index contributed by atoms with van der Waals surface area (Å²) in [5, 5.41) is 70.3. The van der Waals surface area contributed by atoms with Crippen molar-refractivity contribution in [2.45, 2.75) is 61.2 Å². The Bertz CT molecular complexity index is 1170. The van der Waals surface area contributed by atoms with E-state index in [1.807, 2.05) is 0 Å². The number of ether oxygens (including phenoxy) is 5. The molecule has 1 unspecified atom stereocenters. The van der Waals surface area contributed by atoms with Gasteiger partial charge in [0, 0.05) is 6.07 Å². The molecule has 3 heterocycles. The topological polar surface area (TPSA) is 205 Å². The monoisotopic (exact) mass is 550 g/mol. The SMILES string of the molecule is O=C1C[C@@H](c2ccc(OC3O[C@H](CO)[C@@H](O)[C@H](O)[C@H]3O[C@@H]3OC[C@](O)(CO)[C@H]3O)cc2)Oc2cc(O)ccc21. The maximum atomic E-state index is 12.5. The second-order valence-electron chi connectivity index (χ2n) is 9.79. The number of aliphatic hydroxyl groups is 6. The fourth-order valence-corrected chi connectivity index (χ4v) is 4.75. The molecular formula is C26H30O13. The molecule has 3 aliphatic heterocycles. The van der Waals surface area contributed by atoms with Crippen LogP contribution in [0.3, 0.4) is 0 Å². The van der Waals surface area contributed by atoms with E-state index < -0.39 is 74.6 Å². The lowest BCUT2D eigenvalue weighted by Crippen LogP contribution is -2.62. The summed E-state index contributed by atoms with van der Waals surface area (Å²) >= 11 is 0. The molecule has 0 bridgehead atoms. The lowest BCUT2D eigenvalue weighted by Gasteiger charge is -2.42. The van der Waals surface area contributed by atoms with Crippen molar-refractivity contribution in [3.63, 3.8) is 0 Å². The second kappa shape index (κ2) is 11.0. The molecule has 9 atom stereocenters. The highest BCUT2D eigenvalue weighted by atomic mass is 16.8. The van der Waals surface area contributed by atoms with Crippen LogP contribution in [0.1, 0.15) is 28.4 Å². The van der Waals surface area contributed by atoms with Crippen LogP contribution in [0.2, 0.25) is 0 Å². The van der Waals surface area contributed by atoms with Crippen molar-refractivity contribution in [1.82, 2.24) is 0 Å². The third-order valence-electron chi connectivity index (χ3n) is 7.11. The number of carbonyl (C=O) groups excluding carboxylic acids is 1. The predicted molar refractivity (Wildman–Crippen MR) is 128 cm³/mol. The first-order chi connectivity index (χ1) is 18.6. The van der Waals surface area contributed by atoms with Crippen molar-refractivity contribution in [2.75, 3.05) is 19.8 Å². The lowest BCUT2D eigenvalue weighted by atomic mass is 9.96. The second-order valence-corrected chi connectivity index (χ2v) is 9.79. The van der Waals surface area contributed by atoms with Gasteiger partial charge in [0.25, 0.3) is 0 Å². The van der Waals surface area contributed by atoms with Crippen molar-refractivity contribution < 1.29 is 64.2 Å². The molecule has 2 fully saturated rings. The number of phenolic OH excluding ortho intramolecular Hbond substituents is 1. The number of hydrogen-bond donors (Lipinski definition) is 7. The van der Waals surface area contributed by atoms with Gasteiger partial charge < -0.3 is 59.4 Å². The molecule has 2 aromatic carbocycles. The van der Waals surface area contributed by atoms with Crippen molar-refractivity contribution in [3.05, 3.63) is 53.6 Å². The Kier molecular flexibility index (Phi) is 7.79. The van der Waals surface area contributed by atoms with Gasteiger partial charge in [-0.2, -0.15) is 0 Å². The van der Waals surface area contributed by atoms with E-state index in [0.29, 0.717) is 11.1 Å². The number of aliphatic hydroxyl groups excluding tert-OH is 5. The Labute approximate surface area is 222 Å². The average molecular weight is 551 g/mol. The highest BCUT2D eigenvalue weighted by Crippen LogP contribution is 2.38. The molecule has 0 spiro atoms. The molecule has 0 aliphatic carbocycles. The van der Waals surface area contributed by atoms with Crippen LogP contribution in [0.15, 0.2) is 42.5 Å². The number of carbonyl (C=O) groups is 1. The van der Waals surface area contributed by atoms with Gasteiger partial charge in [0.15, 0.2) is 18.2 Å². The van der Waals surface area contributed by atoms with Crippen LogP contribution in [0.25, 0.3) is 0 Å². The van der Waals surface area contributed by atoms with Crippen molar-refractivity contribution >= 4 is 5.78 Å². The van der Waals surface area contributed by atoms with Crippen LogP contribution in [0, 0.1) is 0 Å². The van der Waals surface area contributed by atoms with E-state index in [1.54, 1.807) is 24.3 Å². The standard InChI is InChI=1S/C26H30O13/c27-9-19-20(31)21(32)22(39-25-23(33)26(34,10-28)11-35-25)24(38-19)36-14-4-1-12(2-5-14)17-8-16(30)15-6-3-13(29)7-18(15)37-17/h1-7,17,19-25,27-29,31-34H,8-11H2/t17-,19+,20+,21-,22+,23-,24?,25-,26+/m0/s1. The minimum Gasteiger partial charge on any atom is -0.508 e. The number of hydrogen-bond acceptors (Lipinski definition) is 13. The van der Waals surface area contributed by atoms with Crippen LogP contribution >= 0.6 is 0 Å². The third-order valence-corrected chi connectivity index (χ3v) is 7.11. The summed E-state index contributed by atoms with van der Waals surface area (Å²) in [6.45, 7) is -1.88. The number of rotatable bonds is 7. The first-order valence-corrected chi connectivity index (χ1v) is 12.3. The molecule has 0 saturated carbocycles. The summed E-state index contributed by atoms with van der Waals surface area (Å²) in [6, 6.07) is 10.7. The molecule has 13 nitrogen and oxygen atoms in total. The largest absolute Gasteiger partial charge is 0.508 e. The van der Waals surface area contributed by atoms with E-state index in [4.69, 9.17) is 23.7 Å². The van der Waals surface area contributed by atoms with Crippen LogP contribution in [-0.4, -0.2) is 110 Å². The first-order valence-electron chi connectivity index (χ1n) is 12.3. The number of phenols is 1. The number of benzene rings is 2. The van der Waals surface area contributed by atoms with Crippen molar-refractivity contribution in [2.24, 2.45) is 0 Å². The van der Waals surface area contributed by atoms with Gasteiger partial charge in [-0.1, -0.05) is 12.1 Å². The van der Waals surface area contributed by atoms with Gasteiger partial charge in [-0.05, 0) is 29.8 Å². The minimum absolute atomic E-state index is 0.0275. The molecule has 7 N–H and O–H groups in total. The molecule has 2 saturated heterocycles. The molecule has 0 amide bonds. The molecule has 212 valence electrons. The van der Waals surface area contributed by atoms with E-state index in [-0.39, 0.29) is 29.5 Å². The fourth-order valence-electron chi connectivity index (χ4n) is 4.75. The molecule has 0 radical (unpaired) electrons. The number of fused-ring (bicyclic) bond motifs is 1. The van der Waals surface area contributed by atoms with Crippen LogP contribution < -0.4 is 9.47 Å². The number of aromatic hydroxyl groups is 1. The van der Waals surface area contributed by atoms with Crippen LogP contribution in [-0.2, 0) is 14.2 Å². The Morgan fingerprint density at radius 3 is 2.41 bits per heavy atom. The quantitative estimate of drug-likeness (QED) is 0.215. The van der Waals surface area contributed by atoms with Gasteiger partial charge in [-0.15, -0.1) is 0 Å². The Morgan fingerprint density at radius 1 is 1.00 bits per heavy atom. The Balaban J connectivity index is 1.31. The molecule has 13 heteroatoms. The summed E-state index contributed by atoms with van der Waals surface area (Å²) < 4.78 is 28.3. The average Bonchev–Trinajstić information content (AvgIpc) is 3.21. The zero-order valence-corrected chi connectivity index (χ0v) is 20.6. The zero-order valence-electron chi connectivity index (χ0n) is 20.6. The molecule has 2 aromatic rings. The Morgan fingerprint density at radius 2 is 1.74 bits per heavy atom. The number of ketones is 1. The maximum Gasteiger partial charge on any atom is 0.229 e. The third kappa shape index (κ3) is 5.33. The van der Waals surface area contributed by atoms with Gasteiger partial charge in [0.2, 0.25) is 6.29 Å². The lowest BCUT2D eigenvalue weighted by molar-refractivity contribution is -0.318. The van der Waals surface area contributed by atoms with Gasteiger partial charge >= 0.3 is 0 Å². The molecule has 3 aliphatic rings. The normalized spacial score (nSPS) is 36.3. The number of Topliss-reactive ketones (excluding diaryl/α,β-unsaturated/α-hetero) is 1. The predicted octanol–water partition coefficient (Wildman–Crippen LogP) is -1.26. The van der Waals surface area contributed by atoms with E-state index in [1.165, 1.54) is 18.2 Å². The summed E-state index contributed by atoms with van der Waals surface area (Å²) in [6.07, 6.45) is -10.9. The Hall–Kier alpha value is -2.85. The summed E-state index contributed by atoms with van der Waals surface area (Å²) in [5.74, 6) is 0.348. The fraction of sp³-hybridized carbons (Fsp3) is 0.500. The van der Waals surface area contributed by atoms with Gasteiger partial charge in [-0.25, -0.2) is 0 Å². The summed E-state index contributed by atoms with van der Waals surface area (Å²) in [5.41, 5.74) is -0.945.